The summed E-state index contributed by atoms with van der Waals surface area (Å²) in [5.74, 6) is -12.4. The smallest absolute Gasteiger partial charge is 0.396 e. The SMILES string of the molecule is Cc1[nH]nc(C(F)(F)C(F)(F)C(F)(F)F)c1[N+](=O)[O-].Cc1n[nH]c(C)c1N. The number of hydrogen-bond acceptors (Lipinski definition) is 5. The fraction of sp³-hybridized carbons (Fsp3) is 0.500. The van der Waals surface area contributed by atoms with Gasteiger partial charge in [0.1, 0.15) is 5.69 Å². The van der Waals surface area contributed by atoms with E-state index >= 15 is 0 Å². The number of rotatable bonds is 3. The van der Waals surface area contributed by atoms with Crippen LogP contribution in [-0.4, -0.2) is 37.4 Å². The maximum Gasteiger partial charge on any atom is 0.460 e. The fourth-order valence-electron chi connectivity index (χ4n) is 1.75. The molecular weight excluding hydrogens is 393 g/mol. The lowest BCUT2D eigenvalue weighted by atomic mass is 10.1. The van der Waals surface area contributed by atoms with Crippen molar-refractivity contribution in [1.82, 2.24) is 20.4 Å². The molecule has 0 bridgehead atoms. The van der Waals surface area contributed by atoms with Crippen LogP contribution < -0.4 is 5.73 Å². The summed E-state index contributed by atoms with van der Waals surface area (Å²) in [5, 5.41) is 21.1. The van der Waals surface area contributed by atoms with Gasteiger partial charge in [0.15, 0.2) is 0 Å². The molecule has 2 rings (SSSR count). The maximum atomic E-state index is 13.2. The lowest BCUT2D eigenvalue weighted by molar-refractivity contribution is -0.394. The molecule has 0 atom stereocenters. The highest BCUT2D eigenvalue weighted by Crippen LogP contribution is 2.53. The second-order valence-electron chi connectivity index (χ2n) is 5.30. The number of alkyl halides is 7. The lowest BCUT2D eigenvalue weighted by Crippen LogP contribution is -2.50. The highest BCUT2D eigenvalue weighted by molar-refractivity contribution is 5.45. The van der Waals surface area contributed by atoms with Gasteiger partial charge in [-0.2, -0.15) is 40.9 Å². The van der Waals surface area contributed by atoms with E-state index in [4.69, 9.17) is 5.73 Å². The Morgan fingerprint density at radius 2 is 1.44 bits per heavy atom. The monoisotopic (exact) mass is 406 g/mol. The third kappa shape index (κ3) is 3.95. The van der Waals surface area contributed by atoms with Gasteiger partial charge in [0, 0.05) is 0 Å². The number of aryl methyl sites for hydroxylation is 3. The average Bonchev–Trinajstić information content (AvgIpc) is 3.05. The van der Waals surface area contributed by atoms with Crippen molar-refractivity contribution in [3.8, 4) is 0 Å². The minimum absolute atomic E-state index is 0.669. The largest absolute Gasteiger partial charge is 0.460 e. The van der Waals surface area contributed by atoms with E-state index in [1.165, 1.54) is 0 Å². The molecule has 0 unspecified atom stereocenters. The van der Waals surface area contributed by atoms with Crippen LogP contribution in [0.4, 0.5) is 42.1 Å². The lowest BCUT2D eigenvalue weighted by Gasteiger charge is -2.26. The van der Waals surface area contributed by atoms with Crippen molar-refractivity contribution >= 4 is 11.4 Å². The van der Waals surface area contributed by atoms with Gasteiger partial charge in [0.05, 0.1) is 22.0 Å². The number of hydrogen-bond donors (Lipinski definition) is 3. The summed E-state index contributed by atoms with van der Waals surface area (Å²) in [5.41, 5.74) is 3.55. The molecule has 0 spiro atoms. The van der Waals surface area contributed by atoms with Gasteiger partial charge in [-0.25, -0.2) is 0 Å². The summed E-state index contributed by atoms with van der Waals surface area (Å²) >= 11 is 0. The Hall–Kier alpha value is -2.87. The zero-order valence-electron chi connectivity index (χ0n) is 13.9. The Kier molecular flexibility index (Phi) is 5.78. The molecule has 0 saturated carbocycles. The van der Waals surface area contributed by atoms with Gasteiger partial charge in [-0.3, -0.25) is 20.3 Å². The van der Waals surface area contributed by atoms with Gasteiger partial charge in [-0.15, -0.1) is 0 Å². The zero-order chi connectivity index (χ0) is 21.4. The molecule has 27 heavy (non-hydrogen) atoms. The number of aromatic amines is 2. The fourth-order valence-corrected chi connectivity index (χ4v) is 1.75. The molecule has 0 amide bonds. The van der Waals surface area contributed by atoms with Gasteiger partial charge in [0.25, 0.3) is 0 Å². The number of halogens is 7. The van der Waals surface area contributed by atoms with Crippen molar-refractivity contribution in [3.63, 3.8) is 0 Å². The molecule has 0 aliphatic carbocycles. The van der Waals surface area contributed by atoms with Gasteiger partial charge >= 0.3 is 23.7 Å². The predicted octanol–water partition coefficient (Wildman–Crippen LogP) is 3.52. The van der Waals surface area contributed by atoms with Crippen LogP contribution in [0.3, 0.4) is 0 Å². The van der Waals surface area contributed by atoms with Crippen LogP contribution >= 0.6 is 0 Å². The third-order valence-corrected chi connectivity index (χ3v) is 3.33. The molecule has 0 fully saturated rings. The predicted molar refractivity (Wildman–Crippen MR) is 77.3 cm³/mol. The van der Waals surface area contributed by atoms with E-state index in [9.17, 15) is 40.8 Å². The van der Waals surface area contributed by atoms with Crippen LogP contribution in [0, 0.1) is 30.9 Å². The zero-order valence-corrected chi connectivity index (χ0v) is 13.9. The van der Waals surface area contributed by atoms with E-state index in [0.29, 0.717) is 0 Å². The van der Waals surface area contributed by atoms with E-state index in [-0.39, 0.29) is 0 Å². The first-order valence-corrected chi connectivity index (χ1v) is 6.84. The Labute approximate surface area is 146 Å². The normalized spacial score (nSPS) is 12.5. The Morgan fingerprint density at radius 1 is 0.963 bits per heavy atom. The topological polar surface area (TPSA) is 127 Å². The quantitative estimate of drug-likeness (QED) is 0.408. The number of anilines is 1. The first-order valence-electron chi connectivity index (χ1n) is 6.84. The van der Waals surface area contributed by atoms with Crippen LogP contribution in [0.2, 0.25) is 0 Å². The van der Waals surface area contributed by atoms with Crippen LogP contribution in [-0.2, 0) is 5.92 Å². The van der Waals surface area contributed by atoms with Gasteiger partial charge in [-0.1, -0.05) is 0 Å². The second-order valence-corrected chi connectivity index (χ2v) is 5.30. The molecule has 2 heterocycles. The second kappa shape index (κ2) is 7.03. The van der Waals surface area contributed by atoms with E-state index in [1.54, 1.807) is 5.10 Å². The summed E-state index contributed by atoms with van der Waals surface area (Å²) < 4.78 is 87.6. The Balaban J connectivity index is 0.000000377. The molecule has 0 radical (unpaired) electrons. The van der Waals surface area contributed by atoms with Gasteiger partial charge in [0.2, 0.25) is 5.69 Å². The first-order chi connectivity index (χ1) is 12.1. The van der Waals surface area contributed by atoms with Crippen molar-refractivity contribution in [2.75, 3.05) is 5.73 Å². The Morgan fingerprint density at radius 3 is 1.74 bits per heavy atom. The van der Waals surface area contributed by atoms with Crippen LogP contribution in [0.5, 0.6) is 0 Å². The van der Waals surface area contributed by atoms with E-state index in [2.05, 4.69) is 15.3 Å². The standard InChI is InChI=1S/C7H4F7N3O2.C5H9N3/c1-2-3(17(18)19)4(16-15-2)5(8,9)6(10,11)7(12,13)14;1-3-5(6)4(2)8-7-3/h1H3,(H,15,16);6H2,1-2H3,(H,7,8). The number of nitrogen functional groups attached to an aromatic ring is 1. The summed E-state index contributed by atoms with van der Waals surface area (Å²) in [7, 11) is 0. The molecule has 0 aliphatic heterocycles. The van der Waals surface area contributed by atoms with Crippen LogP contribution in [0.15, 0.2) is 0 Å². The van der Waals surface area contributed by atoms with Crippen molar-refractivity contribution in [2.24, 2.45) is 0 Å². The summed E-state index contributed by atoms with van der Waals surface area (Å²) in [4.78, 5) is 8.89. The number of aromatic nitrogens is 4. The molecule has 15 heteroatoms. The van der Waals surface area contributed by atoms with Crippen molar-refractivity contribution in [2.45, 2.75) is 38.8 Å². The molecule has 0 aliphatic rings. The molecule has 0 aromatic carbocycles. The molecule has 2 aromatic heterocycles. The highest BCUT2D eigenvalue weighted by atomic mass is 19.4. The molecule has 0 saturated heterocycles. The molecule has 4 N–H and O–H groups in total. The van der Waals surface area contributed by atoms with Crippen molar-refractivity contribution in [1.29, 1.82) is 0 Å². The third-order valence-electron chi connectivity index (χ3n) is 3.33. The number of nitrogens with zero attached hydrogens (tertiary/aromatic N) is 3. The summed E-state index contributed by atoms with van der Waals surface area (Å²) in [6, 6.07) is 0. The Bertz CT molecular complexity index is 807. The maximum absolute atomic E-state index is 13.2. The van der Waals surface area contributed by atoms with Crippen molar-refractivity contribution in [3.05, 3.63) is 32.9 Å². The molecule has 2 aromatic rings. The summed E-state index contributed by atoms with van der Waals surface area (Å²) in [6.45, 7) is 4.60. The number of H-pyrrole nitrogens is 2. The first kappa shape index (κ1) is 22.2. The minimum Gasteiger partial charge on any atom is -0.396 e. The van der Waals surface area contributed by atoms with E-state index in [0.717, 1.165) is 24.0 Å². The number of nitro groups is 1. The highest BCUT2D eigenvalue weighted by Gasteiger charge is 2.76. The van der Waals surface area contributed by atoms with E-state index in [1.807, 2.05) is 13.8 Å². The average molecular weight is 406 g/mol. The molecule has 152 valence electrons. The van der Waals surface area contributed by atoms with Crippen molar-refractivity contribution < 1.29 is 35.7 Å². The number of nitrogens with two attached hydrogens (primary N) is 1. The minimum atomic E-state index is -6.59. The van der Waals surface area contributed by atoms with E-state index < -0.39 is 40.0 Å². The van der Waals surface area contributed by atoms with Gasteiger partial charge in [-0.05, 0) is 20.8 Å². The van der Waals surface area contributed by atoms with Crippen LogP contribution in [0.25, 0.3) is 0 Å². The summed E-state index contributed by atoms with van der Waals surface area (Å²) in [6.07, 6.45) is -6.59. The molecule has 8 nitrogen and oxygen atoms in total. The van der Waals surface area contributed by atoms with Crippen LogP contribution in [0.1, 0.15) is 22.8 Å². The number of nitrogens with one attached hydrogen (secondary N) is 2. The van der Waals surface area contributed by atoms with Gasteiger partial charge < -0.3 is 5.73 Å². The molecular formula is C12H13F7N6O2.